The smallest absolute Gasteiger partial charge is 0.261 e. The zero-order valence-electron chi connectivity index (χ0n) is 17.0. The van der Waals surface area contributed by atoms with Crippen molar-refractivity contribution in [2.24, 2.45) is 0 Å². The average Bonchev–Trinajstić information content (AvgIpc) is 3.13. The molecule has 0 aliphatic heterocycles. The van der Waals surface area contributed by atoms with Crippen molar-refractivity contribution in [2.45, 2.75) is 26.8 Å². The minimum absolute atomic E-state index is 0.106. The normalized spacial score (nSPS) is 11.1. The molecule has 0 radical (unpaired) electrons. The van der Waals surface area contributed by atoms with E-state index in [4.69, 9.17) is 10.5 Å². The summed E-state index contributed by atoms with van der Waals surface area (Å²) in [6.45, 7) is 6.92. The van der Waals surface area contributed by atoms with Crippen molar-refractivity contribution in [3.63, 3.8) is 0 Å². The van der Waals surface area contributed by atoms with Crippen LogP contribution in [0.4, 0.5) is 5.95 Å². The summed E-state index contributed by atoms with van der Waals surface area (Å²) in [7, 11) is 1.71. The van der Waals surface area contributed by atoms with Gasteiger partial charge in [-0.1, -0.05) is 12.1 Å². The van der Waals surface area contributed by atoms with E-state index in [-0.39, 0.29) is 11.9 Å². The monoisotopic (exact) mass is 413 g/mol. The first-order chi connectivity index (χ1) is 14.0. The number of hydrogen-bond acceptors (Lipinski definition) is 7. The first-order valence-corrected chi connectivity index (χ1v) is 10.5. The van der Waals surface area contributed by atoms with E-state index in [1.807, 2.05) is 19.9 Å². The van der Waals surface area contributed by atoms with E-state index in [1.54, 1.807) is 7.11 Å². The molecule has 0 aliphatic carbocycles. The number of aryl methyl sites for hydroxylation is 1. The molecule has 2 heterocycles. The predicted molar refractivity (Wildman–Crippen MR) is 118 cm³/mol. The van der Waals surface area contributed by atoms with E-state index in [0.29, 0.717) is 11.4 Å². The number of benzene rings is 1. The minimum Gasteiger partial charge on any atom is -0.385 e. The van der Waals surface area contributed by atoms with Crippen LogP contribution in [0.25, 0.3) is 21.5 Å². The van der Waals surface area contributed by atoms with E-state index >= 15 is 0 Å². The summed E-state index contributed by atoms with van der Waals surface area (Å²) in [5.41, 5.74) is 10.00. The van der Waals surface area contributed by atoms with Crippen molar-refractivity contribution in [3.8, 4) is 11.3 Å². The Hall–Kier alpha value is -2.55. The van der Waals surface area contributed by atoms with E-state index < -0.39 is 0 Å². The van der Waals surface area contributed by atoms with Gasteiger partial charge < -0.3 is 21.1 Å². The first kappa shape index (κ1) is 21.2. The fraction of sp³-hybridized carbons (Fsp3) is 0.381. The molecule has 1 aromatic carbocycles. The van der Waals surface area contributed by atoms with Crippen LogP contribution < -0.4 is 16.4 Å². The third-order valence-electron chi connectivity index (χ3n) is 4.56. The number of aromatic nitrogens is 2. The highest BCUT2D eigenvalue weighted by Gasteiger charge is 2.17. The topological polar surface area (TPSA) is 102 Å². The molecular weight excluding hydrogens is 386 g/mol. The number of fused-ring (bicyclic) bond motifs is 1. The van der Waals surface area contributed by atoms with Gasteiger partial charge in [0.2, 0.25) is 5.95 Å². The molecule has 0 saturated heterocycles. The zero-order valence-corrected chi connectivity index (χ0v) is 17.9. The number of methoxy groups -OCH3 is 1. The number of nitrogens with two attached hydrogens (primary N) is 1. The molecule has 8 heteroatoms. The van der Waals surface area contributed by atoms with Gasteiger partial charge in [0.1, 0.15) is 4.83 Å². The lowest BCUT2D eigenvalue weighted by Gasteiger charge is -2.11. The quantitative estimate of drug-likeness (QED) is 0.466. The van der Waals surface area contributed by atoms with Crippen LogP contribution in [0.1, 0.15) is 34.1 Å². The highest BCUT2D eigenvalue weighted by atomic mass is 32.1. The summed E-state index contributed by atoms with van der Waals surface area (Å²) in [6.07, 6.45) is 0.968. The molecule has 3 aromatic rings. The summed E-state index contributed by atoms with van der Waals surface area (Å²) in [5.74, 6) is 0.102. The van der Waals surface area contributed by atoms with Crippen LogP contribution >= 0.6 is 11.3 Å². The van der Waals surface area contributed by atoms with Gasteiger partial charge in [0.05, 0.1) is 10.6 Å². The van der Waals surface area contributed by atoms with Crippen LogP contribution in [0.3, 0.4) is 0 Å². The summed E-state index contributed by atoms with van der Waals surface area (Å²) >= 11 is 1.33. The molecule has 29 heavy (non-hydrogen) atoms. The Morgan fingerprint density at radius 2 is 2.10 bits per heavy atom. The van der Waals surface area contributed by atoms with Crippen molar-refractivity contribution in [1.29, 1.82) is 0 Å². The Labute approximate surface area is 174 Å². The molecule has 0 aliphatic rings. The van der Waals surface area contributed by atoms with E-state index in [2.05, 4.69) is 38.8 Å². The molecule has 3 rings (SSSR count). The fourth-order valence-electron chi connectivity index (χ4n) is 3.11. The summed E-state index contributed by atoms with van der Waals surface area (Å²) in [4.78, 5) is 22.4. The van der Waals surface area contributed by atoms with Gasteiger partial charge in [-0.2, -0.15) is 0 Å². The lowest BCUT2D eigenvalue weighted by atomic mass is 10.00. The molecule has 0 saturated carbocycles. The van der Waals surface area contributed by atoms with E-state index in [1.165, 1.54) is 11.3 Å². The number of carbonyl (C=O) groups excluding carboxylic acids is 1. The molecule has 1 amide bonds. The SMILES string of the molecule is CCNC(=O)c1cc2c(-c3cc(CNCCCOC)ccc3C)nc(N)nc2s1. The molecule has 7 nitrogen and oxygen atoms in total. The zero-order chi connectivity index (χ0) is 20.8. The number of amides is 1. The number of nitrogens with zero attached hydrogens (tertiary/aromatic N) is 2. The van der Waals surface area contributed by atoms with Crippen LogP contribution in [0, 0.1) is 6.92 Å². The Kier molecular flexibility index (Phi) is 7.13. The van der Waals surface area contributed by atoms with Crippen molar-refractivity contribution < 1.29 is 9.53 Å². The van der Waals surface area contributed by atoms with Gasteiger partial charge >= 0.3 is 0 Å². The molecule has 0 unspecified atom stereocenters. The highest BCUT2D eigenvalue weighted by Crippen LogP contribution is 2.34. The maximum Gasteiger partial charge on any atom is 0.261 e. The van der Waals surface area contributed by atoms with Gasteiger partial charge in [-0.25, -0.2) is 9.97 Å². The largest absolute Gasteiger partial charge is 0.385 e. The second-order valence-corrected chi connectivity index (χ2v) is 7.82. The van der Waals surface area contributed by atoms with Crippen molar-refractivity contribution in [1.82, 2.24) is 20.6 Å². The Morgan fingerprint density at radius 3 is 2.86 bits per heavy atom. The van der Waals surface area contributed by atoms with Crippen LogP contribution in [0.5, 0.6) is 0 Å². The average molecular weight is 414 g/mol. The standard InChI is InChI=1S/C21H27N5O2S/c1-4-24-19(27)17-11-16-18(25-21(22)26-20(16)29-17)15-10-14(7-6-13(15)2)12-23-8-5-9-28-3/h6-7,10-11,23H,4-5,8-9,12H2,1-3H3,(H,24,27)(H2,22,25,26). The molecule has 2 aromatic heterocycles. The van der Waals surface area contributed by atoms with Crippen LogP contribution in [-0.2, 0) is 11.3 Å². The summed E-state index contributed by atoms with van der Waals surface area (Å²) in [5, 5.41) is 7.10. The molecule has 0 spiro atoms. The Bertz CT molecular complexity index is 1000. The lowest BCUT2D eigenvalue weighted by Crippen LogP contribution is -2.21. The number of thiophene rings is 1. The van der Waals surface area contributed by atoms with Gasteiger partial charge in [0, 0.05) is 37.8 Å². The lowest BCUT2D eigenvalue weighted by molar-refractivity contribution is 0.0960. The van der Waals surface area contributed by atoms with Crippen LogP contribution in [-0.4, -0.2) is 42.7 Å². The Balaban J connectivity index is 1.94. The van der Waals surface area contributed by atoms with Crippen molar-refractivity contribution in [2.75, 3.05) is 32.5 Å². The maximum absolute atomic E-state index is 12.3. The van der Waals surface area contributed by atoms with Crippen LogP contribution in [0.15, 0.2) is 24.3 Å². The number of carbonyl (C=O) groups is 1. The molecular formula is C21H27N5O2S. The number of anilines is 1. The molecule has 0 atom stereocenters. The van der Waals surface area contributed by atoms with Crippen molar-refractivity contribution >= 4 is 33.4 Å². The second-order valence-electron chi connectivity index (χ2n) is 6.79. The number of nitrogen functional groups attached to an aromatic ring is 1. The minimum atomic E-state index is -0.106. The molecule has 4 N–H and O–H groups in total. The number of hydrogen-bond donors (Lipinski definition) is 3. The third kappa shape index (κ3) is 5.09. The molecule has 154 valence electrons. The van der Waals surface area contributed by atoms with Crippen LogP contribution in [0.2, 0.25) is 0 Å². The first-order valence-electron chi connectivity index (χ1n) is 9.68. The van der Waals surface area contributed by atoms with Gasteiger partial charge in [-0.15, -0.1) is 11.3 Å². The van der Waals surface area contributed by atoms with Gasteiger partial charge in [0.15, 0.2) is 0 Å². The number of nitrogens with one attached hydrogen (secondary N) is 2. The fourth-order valence-corrected chi connectivity index (χ4v) is 4.07. The van der Waals surface area contributed by atoms with Gasteiger partial charge in [0.25, 0.3) is 5.91 Å². The summed E-state index contributed by atoms with van der Waals surface area (Å²) in [6, 6.07) is 8.18. The second kappa shape index (κ2) is 9.78. The number of ether oxygens (including phenoxy) is 1. The highest BCUT2D eigenvalue weighted by molar-refractivity contribution is 7.20. The third-order valence-corrected chi connectivity index (χ3v) is 5.59. The van der Waals surface area contributed by atoms with E-state index in [9.17, 15) is 4.79 Å². The predicted octanol–water partition coefficient (Wildman–Crippen LogP) is 3.12. The van der Waals surface area contributed by atoms with E-state index in [0.717, 1.165) is 58.7 Å². The maximum atomic E-state index is 12.3. The summed E-state index contributed by atoms with van der Waals surface area (Å²) < 4.78 is 5.08. The van der Waals surface area contributed by atoms with Gasteiger partial charge in [-0.05, 0) is 50.1 Å². The molecule has 0 fully saturated rings. The van der Waals surface area contributed by atoms with Crippen molar-refractivity contribution in [3.05, 3.63) is 40.3 Å². The number of rotatable bonds is 9. The van der Waals surface area contributed by atoms with Gasteiger partial charge in [-0.3, -0.25) is 4.79 Å². The molecule has 0 bridgehead atoms. The Morgan fingerprint density at radius 1 is 1.28 bits per heavy atom.